The third-order valence-electron chi connectivity index (χ3n) is 7.50. The predicted molar refractivity (Wildman–Crippen MR) is 119 cm³/mol. The van der Waals surface area contributed by atoms with Crippen LogP contribution >= 0.6 is 0 Å². The van der Waals surface area contributed by atoms with E-state index >= 15 is 0 Å². The molecule has 0 bridgehead atoms. The monoisotopic (exact) mass is 439 g/mol. The predicted octanol–water partition coefficient (Wildman–Crippen LogP) is 3.55. The van der Waals surface area contributed by atoms with Crippen LogP contribution in [0.5, 0.6) is 0 Å². The lowest BCUT2D eigenvalue weighted by atomic mass is 9.91. The minimum atomic E-state index is -0.354. The number of likely N-dealkylation sites (tertiary alicyclic amines) is 1. The largest absolute Gasteiger partial charge is 0.368 e. The van der Waals surface area contributed by atoms with Gasteiger partial charge in [0.25, 0.3) is 5.91 Å². The molecule has 3 aliphatic rings. The van der Waals surface area contributed by atoms with Crippen molar-refractivity contribution in [3.8, 4) is 0 Å². The summed E-state index contributed by atoms with van der Waals surface area (Å²) in [5, 5.41) is 3.68. The molecular formula is C25H30FN3O3. The van der Waals surface area contributed by atoms with Gasteiger partial charge in [-0.3, -0.25) is 14.6 Å². The van der Waals surface area contributed by atoms with Gasteiger partial charge in [0.05, 0.1) is 17.7 Å². The third-order valence-corrected chi connectivity index (χ3v) is 7.50. The zero-order valence-corrected chi connectivity index (χ0v) is 18.4. The van der Waals surface area contributed by atoms with Crippen LogP contribution < -0.4 is 5.32 Å². The third kappa shape index (κ3) is 4.10. The van der Waals surface area contributed by atoms with Crippen LogP contribution in [0.2, 0.25) is 0 Å². The first-order valence-corrected chi connectivity index (χ1v) is 11.7. The number of hydrogen-bond acceptors (Lipinski definition) is 4. The van der Waals surface area contributed by atoms with Crippen molar-refractivity contribution in [2.75, 3.05) is 19.7 Å². The van der Waals surface area contributed by atoms with Crippen molar-refractivity contribution in [3.05, 3.63) is 41.8 Å². The molecule has 1 aliphatic carbocycles. The number of carbonyl (C=O) groups is 2. The lowest BCUT2D eigenvalue weighted by Gasteiger charge is -2.39. The first-order chi connectivity index (χ1) is 15.5. The second-order valence-corrected chi connectivity index (χ2v) is 9.70. The highest BCUT2D eigenvalue weighted by molar-refractivity contribution is 5.97. The van der Waals surface area contributed by atoms with E-state index in [-0.39, 0.29) is 29.8 Å². The Morgan fingerprint density at radius 1 is 1.25 bits per heavy atom. The normalized spacial score (nSPS) is 29.8. The molecule has 3 heterocycles. The van der Waals surface area contributed by atoms with Crippen molar-refractivity contribution in [2.24, 2.45) is 17.8 Å². The number of piperidine rings is 1. The number of fused-ring (bicyclic) bond motifs is 2. The van der Waals surface area contributed by atoms with Crippen LogP contribution in [0.4, 0.5) is 4.39 Å². The number of hydrogen-bond donors (Lipinski definition) is 1. The van der Waals surface area contributed by atoms with Crippen molar-refractivity contribution in [3.63, 3.8) is 0 Å². The van der Waals surface area contributed by atoms with E-state index in [1.54, 1.807) is 18.3 Å². The number of aromatic nitrogens is 1. The van der Waals surface area contributed by atoms with Crippen molar-refractivity contribution in [2.45, 2.75) is 51.2 Å². The van der Waals surface area contributed by atoms with Crippen LogP contribution in [0.1, 0.15) is 49.4 Å². The molecule has 1 saturated carbocycles. The number of carbonyl (C=O) groups excluding carboxylic acids is 2. The SMILES string of the molecule is C[C@@H]1CCN(C(=O)c2cnc3ccc(F)cc3c2)[C@H](CNC(=O)[C@@H]2OC[C@@H]3CCC[C@@H]32)C1. The highest BCUT2D eigenvalue weighted by atomic mass is 19.1. The molecule has 3 fully saturated rings. The van der Waals surface area contributed by atoms with Crippen LogP contribution in [0.25, 0.3) is 10.9 Å². The second kappa shape index (κ2) is 8.77. The summed E-state index contributed by atoms with van der Waals surface area (Å²) >= 11 is 0. The Balaban J connectivity index is 1.29. The average Bonchev–Trinajstić information content (AvgIpc) is 3.40. The second-order valence-electron chi connectivity index (χ2n) is 9.70. The molecule has 0 unspecified atom stereocenters. The summed E-state index contributed by atoms with van der Waals surface area (Å²) in [6.07, 6.45) is 6.34. The first kappa shape index (κ1) is 21.3. The molecule has 2 amide bonds. The van der Waals surface area contributed by atoms with Crippen LogP contribution in [-0.4, -0.2) is 53.5 Å². The Hall–Kier alpha value is -2.54. The van der Waals surface area contributed by atoms with Gasteiger partial charge in [-0.05, 0) is 67.7 Å². The fourth-order valence-corrected chi connectivity index (χ4v) is 5.71. The van der Waals surface area contributed by atoms with Gasteiger partial charge in [-0.2, -0.15) is 0 Å². The van der Waals surface area contributed by atoms with E-state index in [0.29, 0.717) is 53.9 Å². The summed E-state index contributed by atoms with van der Waals surface area (Å²) in [6, 6.07) is 5.99. The minimum absolute atomic E-state index is 0.0483. The topological polar surface area (TPSA) is 71.5 Å². The smallest absolute Gasteiger partial charge is 0.255 e. The van der Waals surface area contributed by atoms with Crippen molar-refractivity contribution in [1.29, 1.82) is 0 Å². The molecule has 1 aromatic heterocycles. The van der Waals surface area contributed by atoms with E-state index in [4.69, 9.17) is 4.74 Å². The summed E-state index contributed by atoms with van der Waals surface area (Å²) in [4.78, 5) is 32.4. The molecule has 32 heavy (non-hydrogen) atoms. The average molecular weight is 440 g/mol. The number of nitrogens with one attached hydrogen (secondary N) is 1. The Kier molecular flexibility index (Phi) is 5.84. The number of nitrogens with zero attached hydrogens (tertiary/aromatic N) is 2. The molecule has 2 saturated heterocycles. The summed E-state index contributed by atoms with van der Waals surface area (Å²) < 4.78 is 19.4. The van der Waals surface area contributed by atoms with Crippen molar-refractivity contribution >= 4 is 22.7 Å². The highest BCUT2D eigenvalue weighted by Crippen LogP contribution is 2.40. The maximum absolute atomic E-state index is 13.6. The van der Waals surface area contributed by atoms with E-state index < -0.39 is 0 Å². The molecule has 7 heteroatoms. The molecule has 5 rings (SSSR count). The van der Waals surface area contributed by atoms with Gasteiger partial charge < -0.3 is 15.0 Å². The van der Waals surface area contributed by atoms with Gasteiger partial charge in [-0.25, -0.2) is 4.39 Å². The molecule has 1 N–H and O–H groups in total. The zero-order valence-electron chi connectivity index (χ0n) is 18.4. The molecule has 2 aliphatic heterocycles. The molecule has 5 atom stereocenters. The molecule has 170 valence electrons. The van der Waals surface area contributed by atoms with E-state index in [9.17, 15) is 14.0 Å². The van der Waals surface area contributed by atoms with E-state index in [0.717, 1.165) is 25.7 Å². The standard InChI is InChI=1S/C25H30FN3O3/c1-15-7-8-29(25(31)18-10-17-11-19(26)5-6-22(17)27-12-18)20(9-15)13-28-24(30)23-21-4-2-3-16(21)14-32-23/h5-6,10-12,15-16,20-21,23H,2-4,7-9,13-14H2,1H3,(H,28,30)/t15-,16+,20+,21+,23-/m1/s1. The summed E-state index contributed by atoms with van der Waals surface area (Å²) in [6.45, 7) is 3.91. The van der Waals surface area contributed by atoms with Crippen LogP contribution in [-0.2, 0) is 9.53 Å². The number of benzene rings is 1. The molecule has 6 nitrogen and oxygen atoms in total. The molecule has 2 aromatic rings. The van der Waals surface area contributed by atoms with E-state index in [2.05, 4.69) is 17.2 Å². The quantitative estimate of drug-likeness (QED) is 0.791. The highest BCUT2D eigenvalue weighted by Gasteiger charge is 2.44. The zero-order chi connectivity index (χ0) is 22.2. The Bertz CT molecular complexity index is 1030. The van der Waals surface area contributed by atoms with E-state index in [1.165, 1.54) is 18.6 Å². The van der Waals surface area contributed by atoms with Crippen molar-refractivity contribution < 1.29 is 18.7 Å². The van der Waals surface area contributed by atoms with Gasteiger partial charge in [0.15, 0.2) is 0 Å². The fourth-order valence-electron chi connectivity index (χ4n) is 5.71. The molecule has 0 spiro atoms. The van der Waals surface area contributed by atoms with Gasteiger partial charge in [-0.1, -0.05) is 13.3 Å². The number of amides is 2. The van der Waals surface area contributed by atoms with Gasteiger partial charge in [0.1, 0.15) is 11.9 Å². The van der Waals surface area contributed by atoms with Gasteiger partial charge in [0.2, 0.25) is 5.91 Å². The van der Waals surface area contributed by atoms with Gasteiger partial charge in [0, 0.05) is 30.7 Å². The van der Waals surface area contributed by atoms with E-state index in [1.807, 2.05) is 4.90 Å². The Labute approximate surface area is 187 Å². The first-order valence-electron chi connectivity index (χ1n) is 11.7. The number of ether oxygens (including phenoxy) is 1. The number of rotatable bonds is 4. The molecule has 0 radical (unpaired) electrons. The van der Waals surface area contributed by atoms with Crippen LogP contribution in [0.3, 0.4) is 0 Å². The Morgan fingerprint density at radius 3 is 3.00 bits per heavy atom. The summed E-state index contributed by atoms with van der Waals surface area (Å²) in [7, 11) is 0. The van der Waals surface area contributed by atoms with Crippen LogP contribution in [0, 0.1) is 23.6 Å². The maximum Gasteiger partial charge on any atom is 0.255 e. The van der Waals surface area contributed by atoms with Gasteiger partial charge >= 0.3 is 0 Å². The minimum Gasteiger partial charge on any atom is -0.368 e. The van der Waals surface area contributed by atoms with Crippen LogP contribution in [0.15, 0.2) is 30.5 Å². The summed E-state index contributed by atoms with van der Waals surface area (Å²) in [5.41, 5.74) is 1.10. The maximum atomic E-state index is 13.6. The summed E-state index contributed by atoms with van der Waals surface area (Å²) in [5.74, 6) is 0.808. The lowest BCUT2D eigenvalue weighted by Crippen LogP contribution is -2.52. The number of halogens is 1. The van der Waals surface area contributed by atoms with Crippen molar-refractivity contribution in [1.82, 2.24) is 15.2 Å². The van der Waals surface area contributed by atoms with Gasteiger partial charge in [-0.15, -0.1) is 0 Å². The fraction of sp³-hybridized carbons (Fsp3) is 0.560. The molecule has 1 aromatic carbocycles. The lowest BCUT2D eigenvalue weighted by molar-refractivity contribution is -0.132. The Morgan fingerprint density at radius 2 is 2.12 bits per heavy atom. The number of pyridine rings is 1. The molecular weight excluding hydrogens is 409 g/mol.